The van der Waals surface area contributed by atoms with Crippen molar-refractivity contribution in [1.29, 1.82) is 0 Å². The van der Waals surface area contributed by atoms with Gasteiger partial charge in [0.15, 0.2) is 0 Å². The van der Waals surface area contributed by atoms with Gasteiger partial charge in [0, 0.05) is 12.6 Å². The van der Waals surface area contributed by atoms with Gasteiger partial charge in [-0.05, 0) is 37.0 Å². The molecule has 1 aromatic carbocycles. The van der Waals surface area contributed by atoms with E-state index in [-0.39, 0.29) is 24.9 Å². The molecule has 0 amide bonds. The zero-order valence-electron chi connectivity index (χ0n) is 12.1. The Morgan fingerprint density at radius 1 is 1.23 bits per heavy atom. The molecule has 3 N–H and O–H groups in total. The first-order chi connectivity index (χ1) is 9.94. The van der Waals surface area contributed by atoms with Gasteiger partial charge >= 0.3 is 0 Å². The molecule has 1 unspecified atom stereocenters. The van der Waals surface area contributed by atoms with Crippen LogP contribution in [-0.2, 0) is 10.0 Å². The summed E-state index contributed by atoms with van der Waals surface area (Å²) in [5, 5.41) is 0. The number of benzene rings is 1. The smallest absolute Gasteiger partial charge is 0.243 e. The average molecular weight is 355 g/mol. The Hall–Kier alpha value is -0.760. The van der Waals surface area contributed by atoms with Gasteiger partial charge in [-0.25, -0.2) is 21.9 Å². The first-order valence-electron chi connectivity index (χ1n) is 7.11. The molecule has 0 spiro atoms. The van der Waals surface area contributed by atoms with Crippen LogP contribution in [0.2, 0.25) is 0 Å². The molecule has 8 heteroatoms. The first kappa shape index (κ1) is 19.3. The summed E-state index contributed by atoms with van der Waals surface area (Å²) in [4.78, 5) is -0.670. The van der Waals surface area contributed by atoms with Crippen molar-refractivity contribution in [2.75, 3.05) is 6.54 Å². The molecule has 0 aliphatic heterocycles. The van der Waals surface area contributed by atoms with Crippen molar-refractivity contribution in [3.63, 3.8) is 0 Å². The van der Waals surface area contributed by atoms with Gasteiger partial charge in [-0.15, -0.1) is 12.4 Å². The van der Waals surface area contributed by atoms with Crippen LogP contribution in [0.15, 0.2) is 23.1 Å². The molecule has 1 aromatic rings. The SMILES string of the molecule is Cl.NCC(NS(=O)(=O)c1cc(F)ccc1F)C1CCCCC1. The Balaban J connectivity index is 0.00000242. The van der Waals surface area contributed by atoms with Crippen molar-refractivity contribution in [2.24, 2.45) is 11.7 Å². The third kappa shape index (κ3) is 4.62. The van der Waals surface area contributed by atoms with Crippen LogP contribution in [0.1, 0.15) is 32.1 Å². The van der Waals surface area contributed by atoms with Crippen molar-refractivity contribution in [1.82, 2.24) is 4.72 Å². The lowest BCUT2D eigenvalue weighted by molar-refractivity contribution is 0.294. The maximum absolute atomic E-state index is 13.6. The summed E-state index contributed by atoms with van der Waals surface area (Å²) in [7, 11) is -4.12. The minimum Gasteiger partial charge on any atom is -0.329 e. The van der Waals surface area contributed by atoms with Crippen LogP contribution >= 0.6 is 12.4 Å². The zero-order chi connectivity index (χ0) is 15.5. The van der Waals surface area contributed by atoms with E-state index in [4.69, 9.17) is 5.73 Å². The summed E-state index contributed by atoms with van der Waals surface area (Å²) >= 11 is 0. The fourth-order valence-corrected chi connectivity index (χ4v) is 4.23. The number of sulfonamides is 1. The topological polar surface area (TPSA) is 72.2 Å². The Labute approximate surface area is 135 Å². The molecule has 1 aliphatic rings. The molecule has 0 bridgehead atoms. The fourth-order valence-electron chi connectivity index (χ4n) is 2.82. The Kier molecular flexibility index (Phi) is 7.18. The second-order valence-corrected chi connectivity index (χ2v) is 7.12. The van der Waals surface area contributed by atoms with Gasteiger partial charge < -0.3 is 5.73 Å². The maximum atomic E-state index is 13.6. The summed E-state index contributed by atoms with van der Waals surface area (Å²) < 4.78 is 53.7. The highest BCUT2D eigenvalue weighted by molar-refractivity contribution is 7.89. The van der Waals surface area contributed by atoms with Crippen molar-refractivity contribution in [3.8, 4) is 0 Å². The number of hydrogen-bond donors (Lipinski definition) is 2. The number of nitrogens with two attached hydrogens (primary N) is 1. The highest BCUT2D eigenvalue weighted by atomic mass is 35.5. The lowest BCUT2D eigenvalue weighted by Crippen LogP contribution is -2.46. The van der Waals surface area contributed by atoms with E-state index in [0.29, 0.717) is 6.07 Å². The molecule has 22 heavy (non-hydrogen) atoms. The van der Waals surface area contributed by atoms with Crippen LogP contribution in [0.3, 0.4) is 0 Å². The van der Waals surface area contributed by atoms with Crippen molar-refractivity contribution in [3.05, 3.63) is 29.8 Å². The highest BCUT2D eigenvalue weighted by Crippen LogP contribution is 2.27. The van der Waals surface area contributed by atoms with E-state index in [0.717, 1.165) is 44.2 Å². The highest BCUT2D eigenvalue weighted by Gasteiger charge is 2.29. The van der Waals surface area contributed by atoms with Crippen molar-refractivity contribution in [2.45, 2.75) is 43.0 Å². The molecule has 0 radical (unpaired) electrons. The van der Waals surface area contributed by atoms with Crippen LogP contribution < -0.4 is 10.5 Å². The predicted octanol–water partition coefficient (Wildman–Crippen LogP) is 2.57. The largest absolute Gasteiger partial charge is 0.329 e. The molecule has 2 rings (SSSR count). The summed E-state index contributed by atoms with van der Waals surface area (Å²) in [5.41, 5.74) is 5.66. The normalized spacial score (nSPS) is 17.8. The van der Waals surface area contributed by atoms with E-state index in [1.165, 1.54) is 0 Å². The predicted molar refractivity (Wildman–Crippen MR) is 83.3 cm³/mol. The molecule has 1 fully saturated rings. The monoisotopic (exact) mass is 354 g/mol. The fraction of sp³-hybridized carbons (Fsp3) is 0.571. The summed E-state index contributed by atoms with van der Waals surface area (Å²) in [5.74, 6) is -1.61. The Morgan fingerprint density at radius 2 is 1.86 bits per heavy atom. The van der Waals surface area contributed by atoms with Crippen LogP contribution in [0, 0.1) is 17.6 Å². The van der Waals surface area contributed by atoms with E-state index in [2.05, 4.69) is 4.72 Å². The molecular weight excluding hydrogens is 334 g/mol. The molecular formula is C14H21ClF2N2O2S. The average Bonchev–Trinajstić information content (AvgIpc) is 2.48. The van der Waals surface area contributed by atoms with E-state index >= 15 is 0 Å². The summed E-state index contributed by atoms with van der Waals surface area (Å²) in [6.45, 7) is 0.140. The third-order valence-electron chi connectivity index (χ3n) is 3.96. The quantitative estimate of drug-likeness (QED) is 0.853. The molecule has 1 saturated carbocycles. The summed E-state index contributed by atoms with van der Waals surface area (Å²) in [6.07, 6.45) is 5.01. The van der Waals surface area contributed by atoms with Gasteiger partial charge in [0.2, 0.25) is 10.0 Å². The van der Waals surface area contributed by atoms with Crippen LogP contribution in [0.5, 0.6) is 0 Å². The zero-order valence-corrected chi connectivity index (χ0v) is 13.7. The van der Waals surface area contributed by atoms with E-state index in [1.807, 2.05) is 0 Å². The van der Waals surface area contributed by atoms with Crippen molar-refractivity contribution >= 4 is 22.4 Å². The van der Waals surface area contributed by atoms with Crippen LogP contribution in [0.4, 0.5) is 8.78 Å². The molecule has 0 heterocycles. The van der Waals surface area contributed by atoms with E-state index in [1.54, 1.807) is 0 Å². The standard InChI is InChI=1S/C14H20F2N2O2S.ClH/c15-11-6-7-12(16)14(8-11)21(19,20)18-13(9-17)10-4-2-1-3-5-10;/h6-8,10,13,18H,1-5,9,17H2;1H. The van der Waals surface area contributed by atoms with Crippen LogP contribution in [-0.4, -0.2) is 21.0 Å². The number of halogens is 3. The summed E-state index contributed by atoms with van der Waals surface area (Å²) in [6, 6.07) is 1.93. The second kappa shape index (κ2) is 8.19. The lowest BCUT2D eigenvalue weighted by atomic mass is 9.84. The molecule has 1 atom stereocenters. The Bertz CT molecular complexity index is 593. The molecule has 1 aliphatic carbocycles. The van der Waals surface area contributed by atoms with Gasteiger partial charge in [-0.3, -0.25) is 0 Å². The van der Waals surface area contributed by atoms with Gasteiger partial charge in [-0.2, -0.15) is 0 Å². The molecule has 126 valence electrons. The van der Waals surface area contributed by atoms with Gasteiger partial charge in [0.05, 0.1) is 0 Å². The lowest BCUT2D eigenvalue weighted by Gasteiger charge is -2.29. The van der Waals surface area contributed by atoms with Gasteiger partial charge in [0.1, 0.15) is 16.5 Å². The second-order valence-electron chi connectivity index (χ2n) is 5.44. The van der Waals surface area contributed by atoms with E-state index in [9.17, 15) is 17.2 Å². The number of rotatable bonds is 5. The number of nitrogens with one attached hydrogen (secondary N) is 1. The third-order valence-corrected chi connectivity index (χ3v) is 5.47. The van der Waals surface area contributed by atoms with E-state index < -0.39 is 32.6 Å². The van der Waals surface area contributed by atoms with Gasteiger partial charge in [-0.1, -0.05) is 19.3 Å². The molecule has 0 saturated heterocycles. The Morgan fingerprint density at radius 3 is 2.45 bits per heavy atom. The van der Waals surface area contributed by atoms with Crippen LogP contribution in [0.25, 0.3) is 0 Å². The minimum absolute atomic E-state index is 0. The molecule has 4 nitrogen and oxygen atoms in total. The number of hydrogen-bond acceptors (Lipinski definition) is 3. The first-order valence-corrected chi connectivity index (χ1v) is 8.60. The molecule has 0 aromatic heterocycles. The van der Waals surface area contributed by atoms with Gasteiger partial charge in [0.25, 0.3) is 0 Å². The minimum atomic E-state index is -4.12. The van der Waals surface area contributed by atoms with Crippen molar-refractivity contribution < 1.29 is 17.2 Å². The maximum Gasteiger partial charge on any atom is 0.243 e.